The lowest BCUT2D eigenvalue weighted by Gasteiger charge is -2.09. The summed E-state index contributed by atoms with van der Waals surface area (Å²) in [5, 5.41) is 0.331. The monoisotopic (exact) mass is 309 g/mol. The van der Waals surface area contributed by atoms with Crippen molar-refractivity contribution in [2.75, 3.05) is 12.3 Å². The molecule has 4 nitrogen and oxygen atoms in total. The van der Waals surface area contributed by atoms with E-state index in [4.69, 9.17) is 26.8 Å². The van der Waals surface area contributed by atoms with Crippen molar-refractivity contribution in [3.05, 3.63) is 58.9 Å². The molecule has 0 aliphatic carbocycles. The summed E-state index contributed by atoms with van der Waals surface area (Å²) in [5.41, 5.74) is 6.49. The maximum Gasteiger partial charge on any atom is 0.344 e. The molecule has 6 heteroatoms. The molecule has 0 radical (unpaired) electrons. The molecule has 2 aromatic carbocycles. The zero-order valence-electron chi connectivity index (χ0n) is 11.0. The van der Waals surface area contributed by atoms with E-state index in [-0.39, 0.29) is 13.2 Å². The van der Waals surface area contributed by atoms with Crippen LogP contribution in [0, 0.1) is 5.82 Å². The number of benzene rings is 2. The van der Waals surface area contributed by atoms with E-state index in [0.29, 0.717) is 22.0 Å². The first-order valence-corrected chi connectivity index (χ1v) is 6.51. The topological polar surface area (TPSA) is 61.5 Å². The smallest absolute Gasteiger partial charge is 0.344 e. The highest BCUT2D eigenvalue weighted by Gasteiger charge is 2.09. The van der Waals surface area contributed by atoms with Crippen LogP contribution in [0.5, 0.6) is 5.75 Å². The molecule has 0 saturated carbocycles. The highest BCUT2D eigenvalue weighted by atomic mass is 35.5. The van der Waals surface area contributed by atoms with Crippen LogP contribution in [0.2, 0.25) is 5.02 Å². The first-order valence-electron chi connectivity index (χ1n) is 6.13. The number of hydrogen-bond donors (Lipinski definition) is 1. The third-order valence-corrected chi connectivity index (χ3v) is 3.03. The van der Waals surface area contributed by atoms with E-state index in [1.54, 1.807) is 24.3 Å². The Balaban J connectivity index is 1.85. The fraction of sp³-hybridized carbons (Fsp3) is 0.133. The Morgan fingerprint density at radius 3 is 2.76 bits per heavy atom. The second-order valence-electron chi connectivity index (χ2n) is 4.22. The molecule has 2 aromatic rings. The normalized spacial score (nSPS) is 10.2. The molecule has 0 saturated heterocycles. The third-order valence-electron chi connectivity index (χ3n) is 2.66. The molecule has 0 fully saturated rings. The molecule has 0 spiro atoms. The summed E-state index contributed by atoms with van der Waals surface area (Å²) < 4.78 is 23.3. The molecule has 0 bridgehead atoms. The second-order valence-corrected chi connectivity index (χ2v) is 4.63. The molecule has 21 heavy (non-hydrogen) atoms. The van der Waals surface area contributed by atoms with Gasteiger partial charge in [0.2, 0.25) is 0 Å². The van der Waals surface area contributed by atoms with Crippen molar-refractivity contribution < 1.29 is 18.7 Å². The predicted molar refractivity (Wildman–Crippen MR) is 77.6 cm³/mol. The number of hydrogen-bond acceptors (Lipinski definition) is 4. The Morgan fingerprint density at radius 1 is 1.24 bits per heavy atom. The van der Waals surface area contributed by atoms with Crippen LogP contribution in [0.1, 0.15) is 5.56 Å². The van der Waals surface area contributed by atoms with Crippen molar-refractivity contribution in [1.29, 1.82) is 0 Å². The van der Waals surface area contributed by atoms with Crippen molar-refractivity contribution in [2.45, 2.75) is 6.61 Å². The van der Waals surface area contributed by atoms with Crippen molar-refractivity contribution in [3.8, 4) is 5.75 Å². The van der Waals surface area contributed by atoms with Gasteiger partial charge in [0.05, 0.1) is 5.69 Å². The van der Waals surface area contributed by atoms with Crippen LogP contribution in [0.3, 0.4) is 0 Å². The van der Waals surface area contributed by atoms with Crippen LogP contribution in [0.15, 0.2) is 42.5 Å². The number of ether oxygens (including phenoxy) is 2. The lowest BCUT2D eigenvalue weighted by Crippen LogP contribution is -2.15. The number of para-hydroxylation sites is 2. The van der Waals surface area contributed by atoms with Gasteiger partial charge in [-0.3, -0.25) is 0 Å². The Kier molecular flexibility index (Phi) is 5.00. The van der Waals surface area contributed by atoms with Gasteiger partial charge in [-0.05, 0) is 30.3 Å². The number of anilines is 1. The van der Waals surface area contributed by atoms with Crippen LogP contribution in [-0.2, 0) is 16.1 Å². The first-order chi connectivity index (χ1) is 10.1. The minimum atomic E-state index is -0.599. The van der Waals surface area contributed by atoms with Crippen molar-refractivity contribution in [1.82, 2.24) is 0 Å². The van der Waals surface area contributed by atoms with Crippen molar-refractivity contribution >= 4 is 23.3 Å². The third kappa shape index (κ3) is 4.36. The minimum Gasteiger partial charge on any atom is -0.480 e. The number of nitrogen functional groups attached to an aromatic ring is 1. The van der Waals surface area contributed by atoms with E-state index in [2.05, 4.69) is 0 Å². The van der Waals surface area contributed by atoms with Gasteiger partial charge in [-0.2, -0.15) is 0 Å². The van der Waals surface area contributed by atoms with Crippen LogP contribution >= 0.6 is 11.6 Å². The fourth-order valence-electron chi connectivity index (χ4n) is 1.60. The molecule has 2 rings (SSSR count). The van der Waals surface area contributed by atoms with Crippen LogP contribution in [-0.4, -0.2) is 12.6 Å². The molecular weight excluding hydrogens is 297 g/mol. The summed E-state index contributed by atoms with van der Waals surface area (Å²) in [6, 6.07) is 10.6. The van der Waals surface area contributed by atoms with E-state index >= 15 is 0 Å². The average molecular weight is 310 g/mol. The van der Waals surface area contributed by atoms with Gasteiger partial charge in [0.15, 0.2) is 6.61 Å². The number of rotatable bonds is 5. The van der Waals surface area contributed by atoms with E-state index in [1.807, 2.05) is 0 Å². The molecule has 0 heterocycles. The van der Waals surface area contributed by atoms with Gasteiger partial charge >= 0.3 is 5.97 Å². The highest BCUT2D eigenvalue weighted by Crippen LogP contribution is 2.20. The molecule has 0 amide bonds. The lowest BCUT2D eigenvalue weighted by molar-refractivity contribution is -0.147. The number of carbonyl (C=O) groups is 1. The maximum absolute atomic E-state index is 13.0. The maximum atomic E-state index is 13.0. The summed E-state index contributed by atoms with van der Waals surface area (Å²) in [7, 11) is 0. The van der Waals surface area contributed by atoms with E-state index in [0.717, 1.165) is 0 Å². The molecule has 2 N–H and O–H groups in total. The van der Waals surface area contributed by atoms with E-state index in [9.17, 15) is 9.18 Å². The highest BCUT2D eigenvalue weighted by molar-refractivity contribution is 6.31. The minimum absolute atomic E-state index is 0.122. The zero-order chi connectivity index (χ0) is 15.2. The van der Waals surface area contributed by atoms with Crippen LogP contribution in [0.25, 0.3) is 0 Å². The molecule has 110 valence electrons. The predicted octanol–water partition coefficient (Wildman–Crippen LogP) is 3.18. The Labute approximate surface area is 126 Å². The van der Waals surface area contributed by atoms with Gasteiger partial charge in [0.1, 0.15) is 18.2 Å². The summed E-state index contributed by atoms with van der Waals surface area (Å²) >= 11 is 5.87. The summed E-state index contributed by atoms with van der Waals surface area (Å²) in [4.78, 5) is 11.6. The number of esters is 1. The fourth-order valence-corrected chi connectivity index (χ4v) is 1.77. The van der Waals surface area contributed by atoms with Crippen LogP contribution < -0.4 is 10.5 Å². The van der Waals surface area contributed by atoms with Gasteiger partial charge in [-0.15, -0.1) is 0 Å². The summed E-state index contributed by atoms with van der Waals surface area (Å²) in [5.74, 6) is -0.643. The zero-order valence-corrected chi connectivity index (χ0v) is 11.8. The Bertz CT molecular complexity index is 649. The van der Waals surface area contributed by atoms with Gasteiger partial charge in [0, 0.05) is 10.6 Å². The van der Waals surface area contributed by atoms with Gasteiger partial charge in [-0.1, -0.05) is 23.7 Å². The summed E-state index contributed by atoms with van der Waals surface area (Å²) in [6.07, 6.45) is 0. The molecule has 0 aliphatic heterocycles. The van der Waals surface area contributed by atoms with Gasteiger partial charge in [-0.25, -0.2) is 9.18 Å². The Morgan fingerprint density at radius 2 is 2.00 bits per heavy atom. The standard InChI is InChI=1S/C15H13ClFNO3/c16-12-6-5-11(17)7-10(12)8-21-15(19)9-20-14-4-2-1-3-13(14)18/h1-7H,8-9,18H2. The number of halogens is 2. The first kappa shape index (κ1) is 15.1. The molecule has 0 unspecified atom stereocenters. The molecule has 0 aromatic heterocycles. The second kappa shape index (κ2) is 6.95. The van der Waals surface area contributed by atoms with Gasteiger partial charge in [0.25, 0.3) is 0 Å². The largest absolute Gasteiger partial charge is 0.480 e. The van der Waals surface area contributed by atoms with Gasteiger partial charge < -0.3 is 15.2 Å². The molecule has 0 atom stereocenters. The quantitative estimate of drug-likeness (QED) is 0.680. The lowest BCUT2D eigenvalue weighted by atomic mass is 10.2. The summed E-state index contributed by atoms with van der Waals surface area (Å²) in [6.45, 7) is -0.412. The Hall–Kier alpha value is -2.27. The average Bonchev–Trinajstić information content (AvgIpc) is 2.47. The molecule has 0 aliphatic rings. The molecular formula is C15H13ClFNO3. The van der Waals surface area contributed by atoms with E-state index < -0.39 is 11.8 Å². The van der Waals surface area contributed by atoms with E-state index in [1.165, 1.54) is 18.2 Å². The SMILES string of the molecule is Nc1ccccc1OCC(=O)OCc1cc(F)ccc1Cl. The number of carbonyl (C=O) groups excluding carboxylic acids is 1. The van der Waals surface area contributed by atoms with Crippen molar-refractivity contribution in [2.24, 2.45) is 0 Å². The number of nitrogens with two attached hydrogens (primary N) is 1. The van der Waals surface area contributed by atoms with Crippen LogP contribution in [0.4, 0.5) is 10.1 Å². The van der Waals surface area contributed by atoms with Crippen molar-refractivity contribution in [3.63, 3.8) is 0 Å².